The zero-order chi connectivity index (χ0) is 14.0. The number of hydrogen-bond donors (Lipinski definition) is 2. The van der Waals surface area contributed by atoms with Gasteiger partial charge >= 0.3 is 0 Å². The highest BCUT2D eigenvalue weighted by atomic mass is 79.9. The van der Waals surface area contributed by atoms with Crippen molar-refractivity contribution in [2.24, 2.45) is 0 Å². The minimum absolute atomic E-state index is 0.111. The molecule has 6 heteroatoms. The summed E-state index contributed by atoms with van der Waals surface area (Å²) in [4.78, 5) is 11.8. The fourth-order valence-corrected chi connectivity index (χ4v) is 1.91. The summed E-state index contributed by atoms with van der Waals surface area (Å²) in [6.07, 6.45) is 0. The summed E-state index contributed by atoms with van der Waals surface area (Å²) in [5.74, 6) is -2.25. The summed E-state index contributed by atoms with van der Waals surface area (Å²) in [7, 11) is 0. The van der Waals surface area contributed by atoms with Gasteiger partial charge in [-0.25, -0.2) is 8.78 Å². The number of nitrogen functional groups attached to an aromatic ring is 1. The van der Waals surface area contributed by atoms with Crippen LogP contribution in [0.1, 0.15) is 10.4 Å². The highest BCUT2D eigenvalue weighted by Gasteiger charge is 2.11. The maximum atomic E-state index is 13.0. The summed E-state index contributed by atoms with van der Waals surface area (Å²) in [5, 5.41) is 2.49. The van der Waals surface area contributed by atoms with Crippen molar-refractivity contribution in [1.29, 1.82) is 0 Å². The summed E-state index contributed by atoms with van der Waals surface area (Å²) in [5.41, 5.74) is 6.32. The van der Waals surface area contributed by atoms with Gasteiger partial charge in [-0.1, -0.05) is 15.9 Å². The van der Waals surface area contributed by atoms with Crippen LogP contribution in [0.3, 0.4) is 0 Å². The first-order valence-electron chi connectivity index (χ1n) is 5.28. The second-order valence-electron chi connectivity index (χ2n) is 3.84. The number of carbonyl (C=O) groups excluding carboxylic acids is 1. The summed E-state index contributed by atoms with van der Waals surface area (Å²) in [6, 6.07) is 7.50. The van der Waals surface area contributed by atoms with Gasteiger partial charge in [-0.05, 0) is 30.3 Å². The lowest BCUT2D eigenvalue weighted by Gasteiger charge is -2.08. The van der Waals surface area contributed by atoms with E-state index in [1.165, 1.54) is 0 Å². The van der Waals surface area contributed by atoms with E-state index < -0.39 is 17.5 Å². The van der Waals surface area contributed by atoms with Gasteiger partial charge in [0.25, 0.3) is 5.91 Å². The lowest BCUT2D eigenvalue weighted by molar-refractivity contribution is 0.102. The Kier molecular flexibility index (Phi) is 3.80. The Morgan fingerprint density at radius 2 is 1.74 bits per heavy atom. The number of nitrogens with two attached hydrogens (primary N) is 1. The smallest absolute Gasteiger partial charge is 0.255 e. The van der Waals surface area contributed by atoms with Crippen molar-refractivity contribution in [3.8, 4) is 0 Å². The number of halogens is 3. The van der Waals surface area contributed by atoms with Crippen molar-refractivity contribution in [3.63, 3.8) is 0 Å². The van der Waals surface area contributed by atoms with Crippen LogP contribution in [0, 0.1) is 11.6 Å². The van der Waals surface area contributed by atoms with Crippen molar-refractivity contribution < 1.29 is 13.6 Å². The lowest BCUT2D eigenvalue weighted by atomic mass is 10.2. The second kappa shape index (κ2) is 5.36. The fraction of sp³-hybridized carbons (Fsp3) is 0. The van der Waals surface area contributed by atoms with Gasteiger partial charge in [-0.15, -0.1) is 0 Å². The average molecular weight is 327 g/mol. The molecular weight excluding hydrogens is 318 g/mol. The first kappa shape index (κ1) is 13.5. The molecule has 3 N–H and O–H groups in total. The van der Waals surface area contributed by atoms with E-state index in [-0.39, 0.29) is 5.56 Å². The maximum absolute atomic E-state index is 13.0. The van der Waals surface area contributed by atoms with Crippen molar-refractivity contribution in [2.75, 3.05) is 11.1 Å². The molecule has 1 amide bonds. The third-order valence-electron chi connectivity index (χ3n) is 2.39. The Balaban J connectivity index is 2.25. The number of carbonyl (C=O) groups is 1. The maximum Gasteiger partial charge on any atom is 0.255 e. The van der Waals surface area contributed by atoms with E-state index in [0.29, 0.717) is 17.4 Å². The molecule has 2 rings (SSSR count). The Morgan fingerprint density at radius 3 is 2.32 bits per heavy atom. The predicted octanol–water partition coefficient (Wildman–Crippen LogP) is 3.56. The van der Waals surface area contributed by atoms with Crippen LogP contribution >= 0.6 is 15.9 Å². The number of anilines is 2. The molecule has 0 aliphatic carbocycles. The van der Waals surface area contributed by atoms with Crippen LogP contribution in [-0.4, -0.2) is 5.91 Å². The van der Waals surface area contributed by atoms with Gasteiger partial charge in [0.15, 0.2) is 0 Å². The molecule has 3 nitrogen and oxygen atoms in total. The molecule has 0 heterocycles. The zero-order valence-electron chi connectivity index (χ0n) is 9.58. The summed E-state index contributed by atoms with van der Waals surface area (Å²) < 4.78 is 26.8. The number of benzene rings is 2. The van der Waals surface area contributed by atoms with Crippen molar-refractivity contribution >= 4 is 33.2 Å². The molecule has 98 valence electrons. The molecule has 2 aromatic carbocycles. The van der Waals surface area contributed by atoms with Gasteiger partial charge in [0.05, 0.1) is 11.4 Å². The molecule has 0 bridgehead atoms. The van der Waals surface area contributed by atoms with Gasteiger partial charge in [0.1, 0.15) is 11.6 Å². The Bertz CT molecular complexity index is 626. The molecule has 0 atom stereocenters. The van der Waals surface area contributed by atoms with Crippen LogP contribution in [0.25, 0.3) is 0 Å². The Morgan fingerprint density at radius 1 is 1.11 bits per heavy atom. The van der Waals surface area contributed by atoms with Crippen LogP contribution in [-0.2, 0) is 0 Å². The van der Waals surface area contributed by atoms with Crippen molar-refractivity contribution in [1.82, 2.24) is 0 Å². The van der Waals surface area contributed by atoms with E-state index in [9.17, 15) is 13.6 Å². The quantitative estimate of drug-likeness (QED) is 0.829. The van der Waals surface area contributed by atoms with Crippen molar-refractivity contribution in [2.45, 2.75) is 0 Å². The third kappa shape index (κ3) is 3.29. The third-order valence-corrected chi connectivity index (χ3v) is 2.88. The molecule has 0 saturated heterocycles. The standard InChI is InChI=1S/C13H9BrF2N2O/c14-8-1-2-12(11(17)5-8)18-13(19)7-3-9(15)6-10(16)4-7/h1-6H,17H2,(H,18,19). The normalized spacial score (nSPS) is 10.3. The molecule has 0 radical (unpaired) electrons. The molecule has 0 aliphatic rings. The minimum atomic E-state index is -0.811. The fourth-order valence-electron chi connectivity index (χ4n) is 1.53. The van der Waals surface area contributed by atoms with Crippen LogP contribution < -0.4 is 11.1 Å². The number of nitrogens with one attached hydrogen (secondary N) is 1. The SMILES string of the molecule is Nc1cc(Br)ccc1NC(=O)c1cc(F)cc(F)c1. The summed E-state index contributed by atoms with van der Waals surface area (Å²) in [6.45, 7) is 0. The number of amides is 1. The van der Waals surface area contributed by atoms with Gasteiger partial charge in [-0.3, -0.25) is 4.79 Å². The highest BCUT2D eigenvalue weighted by molar-refractivity contribution is 9.10. The van der Waals surface area contributed by atoms with Gasteiger partial charge in [0.2, 0.25) is 0 Å². The van der Waals surface area contributed by atoms with E-state index >= 15 is 0 Å². The second-order valence-corrected chi connectivity index (χ2v) is 4.76. The largest absolute Gasteiger partial charge is 0.397 e. The van der Waals surface area contributed by atoms with E-state index in [1.54, 1.807) is 18.2 Å². The zero-order valence-corrected chi connectivity index (χ0v) is 11.2. The lowest BCUT2D eigenvalue weighted by Crippen LogP contribution is -2.13. The van der Waals surface area contributed by atoms with Crippen molar-refractivity contribution in [3.05, 3.63) is 58.1 Å². The Hall–Kier alpha value is -1.95. The topological polar surface area (TPSA) is 55.1 Å². The van der Waals surface area contributed by atoms with Crippen LogP contribution in [0.2, 0.25) is 0 Å². The Labute approximate surface area is 116 Å². The van der Waals surface area contributed by atoms with E-state index in [0.717, 1.165) is 16.6 Å². The molecule has 0 fully saturated rings. The minimum Gasteiger partial charge on any atom is -0.397 e. The monoisotopic (exact) mass is 326 g/mol. The molecule has 0 spiro atoms. The molecule has 2 aromatic rings. The molecule has 0 aliphatic heterocycles. The highest BCUT2D eigenvalue weighted by Crippen LogP contribution is 2.23. The average Bonchev–Trinajstić information content (AvgIpc) is 2.31. The molecular formula is C13H9BrF2N2O. The molecule has 0 saturated carbocycles. The van der Waals surface area contributed by atoms with E-state index in [1.807, 2.05) is 0 Å². The molecule has 0 aromatic heterocycles. The van der Waals surface area contributed by atoms with Crippen LogP contribution in [0.5, 0.6) is 0 Å². The first-order valence-corrected chi connectivity index (χ1v) is 6.07. The van der Waals surface area contributed by atoms with Gasteiger partial charge in [-0.2, -0.15) is 0 Å². The van der Waals surface area contributed by atoms with Crippen LogP contribution in [0.15, 0.2) is 40.9 Å². The number of rotatable bonds is 2. The van der Waals surface area contributed by atoms with E-state index in [2.05, 4.69) is 21.2 Å². The predicted molar refractivity (Wildman–Crippen MR) is 72.9 cm³/mol. The first-order chi connectivity index (χ1) is 8.95. The number of hydrogen-bond acceptors (Lipinski definition) is 2. The van der Waals surface area contributed by atoms with Gasteiger partial charge in [0, 0.05) is 16.1 Å². The molecule has 0 unspecified atom stereocenters. The van der Waals surface area contributed by atoms with Gasteiger partial charge < -0.3 is 11.1 Å². The van der Waals surface area contributed by atoms with Crippen LogP contribution in [0.4, 0.5) is 20.2 Å². The molecule has 19 heavy (non-hydrogen) atoms. The van der Waals surface area contributed by atoms with E-state index in [4.69, 9.17) is 5.73 Å². The summed E-state index contributed by atoms with van der Waals surface area (Å²) >= 11 is 3.23.